The van der Waals surface area contributed by atoms with E-state index < -0.39 is 18.1 Å². The standard InChI is InChI=1S/C9H10F2O2/c1-9-2-4(9)6(5(12)3-9)7(13)8(10)11/h4,6,8H,2-3H2,1H3. The highest BCUT2D eigenvalue weighted by Crippen LogP contribution is 2.64. The van der Waals surface area contributed by atoms with Crippen LogP contribution in [0.3, 0.4) is 0 Å². The van der Waals surface area contributed by atoms with Gasteiger partial charge in [0.25, 0.3) is 6.43 Å². The molecule has 0 saturated heterocycles. The molecule has 3 unspecified atom stereocenters. The number of fused-ring (bicyclic) bond motifs is 1. The summed E-state index contributed by atoms with van der Waals surface area (Å²) in [7, 11) is 0. The average Bonchev–Trinajstić information content (AvgIpc) is 2.54. The first kappa shape index (κ1) is 8.78. The summed E-state index contributed by atoms with van der Waals surface area (Å²) in [6, 6.07) is 0. The van der Waals surface area contributed by atoms with Gasteiger partial charge in [-0.25, -0.2) is 8.78 Å². The van der Waals surface area contributed by atoms with Crippen LogP contribution in [0.15, 0.2) is 0 Å². The van der Waals surface area contributed by atoms with Gasteiger partial charge in [-0.05, 0) is 17.8 Å². The van der Waals surface area contributed by atoms with Crippen molar-refractivity contribution in [2.24, 2.45) is 17.3 Å². The van der Waals surface area contributed by atoms with Gasteiger partial charge in [-0.15, -0.1) is 0 Å². The van der Waals surface area contributed by atoms with Gasteiger partial charge < -0.3 is 0 Å². The highest BCUT2D eigenvalue weighted by Gasteiger charge is 2.65. The zero-order valence-electron chi connectivity index (χ0n) is 7.22. The Morgan fingerprint density at radius 3 is 2.62 bits per heavy atom. The average molecular weight is 188 g/mol. The number of hydrogen-bond donors (Lipinski definition) is 0. The monoisotopic (exact) mass is 188 g/mol. The lowest BCUT2D eigenvalue weighted by atomic mass is 9.97. The van der Waals surface area contributed by atoms with Gasteiger partial charge >= 0.3 is 0 Å². The van der Waals surface area contributed by atoms with Gasteiger partial charge in [-0.3, -0.25) is 9.59 Å². The Bertz CT molecular complexity index is 287. The van der Waals surface area contributed by atoms with E-state index in [9.17, 15) is 18.4 Å². The van der Waals surface area contributed by atoms with Gasteiger partial charge in [0, 0.05) is 6.42 Å². The third-order valence-corrected chi connectivity index (χ3v) is 3.27. The van der Waals surface area contributed by atoms with E-state index in [0.717, 1.165) is 6.42 Å². The topological polar surface area (TPSA) is 34.1 Å². The maximum atomic E-state index is 12.1. The van der Waals surface area contributed by atoms with E-state index in [1.807, 2.05) is 6.92 Å². The number of rotatable bonds is 2. The number of halogens is 2. The van der Waals surface area contributed by atoms with Crippen molar-refractivity contribution in [2.45, 2.75) is 26.2 Å². The van der Waals surface area contributed by atoms with Crippen molar-refractivity contribution in [3.05, 3.63) is 0 Å². The summed E-state index contributed by atoms with van der Waals surface area (Å²) in [5.41, 5.74) is -0.133. The molecule has 4 heteroatoms. The molecule has 0 amide bonds. The molecule has 0 bridgehead atoms. The maximum Gasteiger partial charge on any atom is 0.296 e. The van der Waals surface area contributed by atoms with Crippen LogP contribution < -0.4 is 0 Å². The second kappa shape index (κ2) is 2.36. The largest absolute Gasteiger partial charge is 0.299 e. The molecule has 2 fully saturated rings. The Morgan fingerprint density at radius 1 is 1.62 bits per heavy atom. The van der Waals surface area contributed by atoms with Crippen molar-refractivity contribution in [1.29, 1.82) is 0 Å². The minimum Gasteiger partial charge on any atom is -0.299 e. The lowest BCUT2D eigenvalue weighted by molar-refractivity contribution is -0.139. The van der Waals surface area contributed by atoms with E-state index in [-0.39, 0.29) is 17.1 Å². The van der Waals surface area contributed by atoms with E-state index >= 15 is 0 Å². The molecule has 2 rings (SSSR count). The highest BCUT2D eigenvalue weighted by atomic mass is 19.3. The second-order valence-electron chi connectivity index (χ2n) is 4.29. The third kappa shape index (κ3) is 1.11. The summed E-state index contributed by atoms with van der Waals surface area (Å²) in [5.74, 6) is -2.55. The van der Waals surface area contributed by atoms with Gasteiger partial charge in [-0.2, -0.15) is 0 Å². The van der Waals surface area contributed by atoms with Crippen LogP contribution in [0.25, 0.3) is 0 Å². The molecule has 0 aromatic rings. The van der Waals surface area contributed by atoms with Crippen LogP contribution in [0.5, 0.6) is 0 Å². The second-order valence-corrected chi connectivity index (χ2v) is 4.29. The molecule has 13 heavy (non-hydrogen) atoms. The fourth-order valence-electron chi connectivity index (χ4n) is 2.39. The van der Waals surface area contributed by atoms with E-state index in [1.165, 1.54) is 0 Å². The zero-order chi connectivity index (χ0) is 9.80. The summed E-state index contributed by atoms with van der Waals surface area (Å²) in [4.78, 5) is 22.2. The number of hydrogen-bond acceptors (Lipinski definition) is 2. The Morgan fingerprint density at radius 2 is 2.23 bits per heavy atom. The van der Waals surface area contributed by atoms with Gasteiger partial charge in [0.2, 0.25) is 5.78 Å². The van der Waals surface area contributed by atoms with Crippen LogP contribution >= 0.6 is 0 Å². The molecule has 0 aromatic carbocycles. The van der Waals surface area contributed by atoms with Gasteiger partial charge in [0.15, 0.2) is 0 Å². The molecule has 2 aliphatic rings. The van der Waals surface area contributed by atoms with E-state index in [4.69, 9.17) is 0 Å². The summed E-state index contributed by atoms with van der Waals surface area (Å²) < 4.78 is 24.1. The molecule has 2 saturated carbocycles. The lowest BCUT2D eigenvalue weighted by Crippen LogP contribution is -2.27. The van der Waals surface area contributed by atoms with E-state index in [1.54, 1.807) is 0 Å². The molecule has 2 nitrogen and oxygen atoms in total. The molecule has 0 aromatic heterocycles. The van der Waals surface area contributed by atoms with Crippen LogP contribution in [0, 0.1) is 17.3 Å². The van der Waals surface area contributed by atoms with Crippen molar-refractivity contribution in [1.82, 2.24) is 0 Å². The first-order chi connectivity index (χ1) is 5.96. The molecule has 0 spiro atoms. The molecule has 72 valence electrons. The number of Topliss-reactive ketones (excluding diaryl/α,β-unsaturated/α-hetero) is 2. The first-order valence-corrected chi connectivity index (χ1v) is 4.30. The summed E-state index contributed by atoms with van der Waals surface area (Å²) in [5, 5.41) is 0. The van der Waals surface area contributed by atoms with Crippen molar-refractivity contribution in [2.75, 3.05) is 0 Å². The fraction of sp³-hybridized carbons (Fsp3) is 0.778. The Kier molecular flexibility index (Phi) is 1.60. The predicted molar refractivity (Wildman–Crippen MR) is 40.3 cm³/mol. The molecule has 0 heterocycles. The predicted octanol–water partition coefficient (Wildman–Crippen LogP) is 1.44. The van der Waals surface area contributed by atoms with Crippen molar-refractivity contribution >= 4 is 11.6 Å². The highest BCUT2D eigenvalue weighted by molar-refractivity contribution is 6.06. The fourth-order valence-corrected chi connectivity index (χ4v) is 2.39. The summed E-state index contributed by atoms with van der Waals surface area (Å²) >= 11 is 0. The number of ketones is 2. The third-order valence-electron chi connectivity index (χ3n) is 3.27. The zero-order valence-corrected chi connectivity index (χ0v) is 7.22. The van der Waals surface area contributed by atoms with Crippen molar-refractivity contribution < 1.29 is 18.4 Å². The molecular formula is C9H10F2O2. The number of alkyl halides is 2. The quantitative estimate of drug-likeness (QED) is 0.614. The molecule has 2 aliphatic carbocycles. The van der Waals surface area contributed by atoms with Crippen LogP contribution in [0.4, 0.5) is 8.78 Å². The van der Waals surface area contributed by atoms with Crippen molar-refractivity contribution in [3.8, 4) is 0 Å². The molecule has 0 N–H and O–H groups in total. The smallest absolute Gasteiger partial charge is 0.296 e. The van der Waals surface area contributed by atoms with Crippen LogP contribution in [-0.4, -0.2) is 18.0 Å². The number of carbonyl (C=O) groups is 2. The van der Waals surface area contributed by atoms with E-state index in [0.29, 0.717) is 6.42 Å². The van der Waals surface area contributed by atoms with Gasteiger partial charge in [0.1, 0.15) is 5.78 Å². The minimum atomic E-state index is -2.99. The SMILES string of the molecule is CC12CC(=O)C(C(=O)C(F)F)C1C2. The lowest BCUT2D eigenvalue weighted by Gasteiger charge is -2.07. The minimum absolute atomic E-state index is 0.0958. The normalized spacial score (nSPS) is 42.3. The number of carbonyl (C=O) groups excluding carboxylic acids is 2. The van der Waals surface area contributed by atoms with Crippen LogP contribution in [-0.2, 0) is 9.59 Å². The first-order valence-electron chi connectivity index (χ1n) is 4.30. The van der Waals surface area contributed by atoms with Crippen LogP contribution in [0.2, 0.25) is 0 Å². The van der Waals surface area contributed by atoms with Gasteiger partial charge in [0.05, 0.1) is 5.92 Å². The Balaban J connectivity index is 2.17. The van der Waals surface area contributed by atoms with E-state index in [2.05, 4.69) is 0 Å². The molecule has 0 aliphatic heterocycles. The summed E-state index contributed by atoms with van der Waals surface area (Å²) in [6.07, 6.45) is -1.93. The summed E-state index contributed by atoms with van der Waals surface area (Å²) in [6.45, 7) is 1.88. The molecule has 3 atom stereocenters. The van der Waals surface area contributed by atoms with Crippen LogP contribution in [0.1, 0.15) is 19.8 Å². The molecular weight excluding hydrogens is 178 g/mol. The molecule has 0 radical (unpaired) electrons. The Labute approximate surface area is 74.3 Å². The van der Waals surface area contributed by atoms with Gasteiger partial charge in [-0.1, -0.05) is 6.92 Å². The Hall–Kier alpha value is -0.800. The van der Waals surface area contributed by atoms with Crippen molar-refractivity contribution in [3.63, 3.8) is 0 Å². The maximum absolute atomic E-state index is 12.1.